The maximum absolute atomic E-state index is 12.9. The molecule has 0 bridgehead atoms. The number of rotatable bonds is 6. The quantitative estimate of drug-likeness (QED) is 0.0582. The Morgan fingerprint density at radius 3 is 1.84 bits per heavy atom. The van der Waals surface area contributed by atoms with Gasteiger partial charge < -0.3 is 59.5 Å². The zero-order valence-corrected chi connectivity index (χ0v) is 31.8. The summed E-state index contributed by atoms with van der Waals surface area (Å²) in [6.45, 7) is 11.9. The summed E-state index contributed by atoms with van der Waals surface area (Å²) in [6.07, 6.45) is 6.93. The number of allylic oxidation sites excluding steroid dienone is 2. The van der Waals surface area contributed by atoms with Gasteiger partial charge in [-0.25, -0.2) is 10.3 Å². The molecule has 306 valence electrons. The maximum Gasteiger partial charge on any atom is 0.674 e. The number of anilines is 1. The van der Waals surface area contributed by atoms with Crippen molar-refractivity contribution in [3.8, 4) is 22.5 Å². The van der Waals surface area contributed by atoms with E-state index in [9.17, 15) is 22.1 Å². The minimum atomic E-state index is -2.67. The van der Waals surface area contributed by atoms with Crippen molar-refractivity contribution in [2.24, 2.45) is 4.99 Å². The van der Waals surface area contributed by atoms with Gasteiger partial charge in [0.25, 0.3) is 0 Å². The van der Waals surface area contributed by atoms with Crippen LogP contribution in [0.4, 0.5) is 23.0 Å². The van der Waals surface area contributed by atoms with Crippen LogP contribution in [-0.4, -0.2) is 95.4 Å². The number of hydroxylamine groups is 1. The van der Waals surface area contributed by atoms with Crippen molar-refractivity contribution in [1.82, 2.24) is 5.48 Å². The number of benzene rings is 3. The molecule has 0 spiro atoms. The Labute approximate surface area is 328 Å². The van der Waals surface area contributed by atoms with E-state index >= 15 is 0 Å². The lowest BCUT2D eigenvalue weighted by molar-refractivity contribution is 0.0527. The van der Waals surface area contributed by atoms with E-state index in [-0.39, 0.29) is 18.4 Å². The van der Waals surface area contributed by atoms with E-state index < -0.39 is 29.6 Å². The van der Waals surface area contributed by atoms with Gasteiger partial charge in [0.05, 0.1) is 17.5 Å². The molecule has 10 N–H and O–H groups in total. The van der Waals surface area contributed by atoms with E-state index in [0.29, 0.717) is 18.7 Å². The number of ether oxygens (including phenoxy) is 1. The van der Waals surface area contributed by atoms with Crippen LogP contribution in [0.1, 0.15) is 42.3 Å². The van der Waals surface area contributed by atoms with Gasteiger partial charge in [-0.3, -0.25) is 22.3 Å². The third kappa shape index (κ3) is 21.5. The molecular formula is C32H44B4ClF4N3O12. The van der Waals surface area contributed by atoms with Gasteiger partial charge in [-0.2, -0.15) is 0 Å². The Morgan fingerprint density at radius 2 is 1.39 bits per heavy atom. The van der Waals surface area contributed by atoms with Gasteiger partial charge >= 0.3 is 35.6 Å². The summed E-state index contributed by atoms with van der Waals surface area (Å²) in [7, 11) is -10.7. The van der Waals surface area contributed by atoms with Crippen molar-refractivity contribution < 1.29 is 76.2 Å². The van der Waals surface area contributed by atoms with Crippen molar-refractivity contribution in [2.45, 2.75) is 34.6 Å². The summed E-state index contributed by atoms with van der Waals surface area (Å²) in [6, 6.07) is 15.9. The van der Waals surface area contributed by atoms with Crippen molar-refractivity contribution >= 4 is 64.6 Å². The zero-order chi connectivity index (χ0) is 42.1. The van der Waals surface area contributed by atoms with Crippen LogP contribution < -0.4 is 16.2 Å². The highest BCUT2D eigenvalue weighted by atomic mass is 35.5. The largest absolute Gasteiger partial charge is 0.674 e. The Morgan fingerprint density at radius 1 is 0.821 bits per heavy atom. The molecule has 0 aromatic heterocycles. The molecular weight excluding hydrogens is 773 g/mol. The van der Waals surface area contributed by atoms with Crippen molar-refractivity contribution in [3.05, 3.63) is 95.2 Å². The van der Waals surface area contributed by atoms with Gasteiger partial charge in [-0.05, 0) is 81.7 Å². The van der Waals surface area contributed by atoms with Crippen LogP contribution >= 0.6 is 12.4 Å². The van der Waals surface area contributed by atoms with E-state index in [4.69, 9.17) is 49.3 Å². The topological polar surface area (TPSA) is 247 Å². The van der Waals surface area contributed by atoms with Crippen LogP contribution in [0.2, 0.25) is 0 Å². The number of hydrogen-bond acceptors (Lipinski definition) is 15. The molecule has 15 nitrogen and oxygen atoms in total. The molecule has 0 saturated heterocycles. The van der Waals surface area contributed by atoms with E-state index in [0.717, 1.165) is 62.1 Å². The summed E-state index contributed by atoms with van der Waals surface area (Å²) in [5.74, 6) is 0.408. The Hall–Kier alpha value is -4.57. The number of aryl methyl sites for hydroxylation is 2. The first-order valence-corrected chi connectivity index (χ1v) is 16.2. The third-order valence-electron chi connectivity index (χ3n) is 6.26. The molecule has 2 heterocycles. The highest BCUT2D eigenvalue weighted by molar-refractivity contribution is 6.32. The summed E-state index contributed by atoms with van der Waals surface area (Å²) in [5.41, 5.74) is 9.77. The zero-order valence-electron chi connectivity index (χ0n) is 30.9. The summed E-state index contributed by atoms with van der Waals surface area (Å²) in [4.78, 5) is 22.0. The minimum Gasteiger partial charge on any atom is -0.462 e. The molecule has 56 heavy (non-hydrogen) atoms. The molecule has 3 aliphatic rings. The van der Waals surface area contributed by atoms with E-state index in [1.807, 2.05) is 56.3 Å². The standard InChI is InChI=1S/C28H30N2O3.C4H5NO.4BFH2O2.ClH/c1-6-29-23-15-25-21(13-17(23)4)27(19-11-9-10-12-20(19)28(31)32-8-3)22-14-18(5)24(30-7-2)16-26(22)33-25;1-2-4-6-5-3-1;4*2-1(3)4;/h9-16,29H,6-8H2,1-5H3;1-5H;4*3-4H;1H. The van der Waals surface area contributed by atoms with Crippen LogP contribution in [0.3, 0.4) is 0 Å². The third-order valence-corrected chi connectivity index (χ3v) is 6.26. The van der Waals surface area contributed by atoms with Crippen LogP contribution in [-0.2, 0) is 9.57 Å². The molecule has 5 rings (SSSR count). The number of esters is 1. The average Bonchev–Trinajstić information content (AvgIpc) is 3.09. The predicted molar refractivity (Wildman–Crippen MR) is 209 cm³/mol. The normalized spacial score (nSPS) is 10.6. The number of nitrogens with zero attached hydrogens (tertiary/aromatic N) is 1. The molecule has 2 aliphatic heterocycles. The Kier molecular flexibility index (Phi) is 28.4. The molecule has 2 aromatic rings. The van der Waals surface area contributed by atoms with Gasteiger partial charge in [0.2, 0.25) is 0 Å². The highest BCUT2D eigenvalue weighted by Gasteiger charge is 2.23. The lowest BCUT2D eigenvalue weighted by Gasteiger charge is -2.19. The minimum absolute atomic E-state index is 0. The molecule has 0 atom stereocenters. The lowest BCUT2D eigenvalue weighted by Crippen LogP contribution is -2.10. The van der Waals surface area contributed by atoms with Crippen molar-refractivity contribution in [1.29, 1.82) is 0 Å². The molecule has 0 unspecified atom stereocenters. The van der Waals surface area contributed by atoms with Crippen LogP contribution in [0.15, 0.2) is 82.6 Å². The van der Waals surface area contributed by atoms with Gasteiger partial charge in [-0.1, -0.05) is 18.2 Å². The average molecular weight is 817 g/mol. The predicted octanol–water partition coefficient (Wildman–Crippen LogP) is 3.02. The molecule has 24 heteroatoms. The first-order valence-electron chi connectivity index (χ1n) is 16.2. The van der Waals surface area contributed by atoms with Gasteiger partial charge in [0, 0.05) is 53.6 Å². The summed E-state index contributed by atoms with van der Waals surface area (Å²) >= 11 is 0. The van der Waals surface area contributed by atoms with E-state index in [1.165, 1.54) is 0 Å². The van der Waals surface area contributed by atoms with Crippen LogP contribution in [0, 0.1) is 13.8 Å². The maximum atomic E-state index is 12.9. The number of fused-ring (bicyclic) bond motifs is 2. The van der Waals surface area contributed by atoms with Gasteiger partial charge in [0.15, 0.2) is 0 Å². The van der Waals surface area contributed by atoms with E-state index in [2.05, 4.69) is 53.5 Å². The summed E-state index contributed by atoms with van der Waals surface area (Å²) < 4.78 is 52.2. The molecule has 0 fully saturated rings. The Bertz CT molecular complexity index is 1780. The van der Waals surface area contributed by atoms with Gasteiger partial charge in [-0.15, -0.1) is 12.4 Å². The molecule has 1 aliphatic carbocycles. The molecule has 2 aromatic carbocycles. The first-order chi connectivity index (χ1) is 25.9. The Balaban J connectivity index is 0. The smallest absolute Gasteiger partial charge is 0.462 e. The van der Waals surface area contributed by atoms with Crippen LogP contribution in [0.5, 0.6) is 0 Å². The van der Waals surface area contributed by atoms with Gasteiger partial charge in [0.1, 0.15) is 17.6 Å². The fraction of sp³-hybridized carbons (Fsp3) is 0.250. The summed E-state index contributed by atoms with van der Waals surface area (Å²) in [5, 5.41) is 60.8. The fourth-order valence-electron chi connectivity index (χ4n) is 4.55. The molecule has 0 saturated carbocycles. The second-order valence-electron chi connectivity index (χ2n) is 10.2. The number of nitrogens with one attached hydrogen (secondary N) is 2. The number of carbonyl (C=O) groups excluding carboxylic acids is 1. The van der Waals surface area contributed by atoms with Crippen molar-refractivity contribution in [3.63, 3.8) is 0 Å². The fourth-order valence-corrected chi connectivity index (χ4v) is 4.55. The lowest BCUT2D eigenvalue weighted by atomic mass is 9.89. The highest BCUT2D eigenvalue weighted by Crippen LogP contribution is 2.43. The molecule has 0 radical (unpaired) electrons. The number of halogens is 5. The SMILES string of the molecule is C1=CNOC=C1.CCN=c1cc2oc3cc(NCC)c(C)cc3c(-c3ccccc3C(=O)OCC)c-2cc1C.Cl.OB(O)F.OB(O)F.OB(O)F.OB(O)F. The van der Waals surface area contributed by atoms with Crippen LogP contribution in [0.25, 0.3) is 33.4 Å². The monoisotopic (exact) mass is 817 g/mol. The van der Waals surface area contributed by atoms with E-state index in [1.54, 1.807) is 18.5 Å². The second-order valence-corrected chi connectivity index (χ2v) is 10.2. The second kappa shape index (κ2) is 29.7. The number of carbonyl (C=O) groups is 1. The van der Waals surface area contributed by atoms with Crippen molar-refractivity contribution in [2.75, 3.05) is 25.0 Å². The number of hydrogen-bond donors (Lipinski definition) is 10. The first kappa shape index (κ1) is 53.5. The molecule has 0 amide bonds.